The molecule has 3 unspecified atom stereocenters. The summed E-state index contributed by atoms with van der Waals surface area (Å²) in [5.41, 5.74) is 0.354. The topological polar surface area (TPSA) is 96.4 Å². The summed E-state index contributed by atoms with van der Waals surface area (Å²) in [6, 6.07) is 16.9. The average Bonchev–Trinajstić information content (AvgIpc) is 3.61. The fraction of sp³-hybridized carbons (Fsp3) is 0.441. The Bertz CT molecular complexity index is 1320. The Hall–Kier alpha value is -3.27. The van der Waals surface area contributed by atoms with Gasteiger partial charge in [0.1, 0.15) is 11.6 Å². The summed E-state index contributed by atoms with van der Waals surface area (Å²) >= 11 is 3.71. The minimum absolute atomic E-state index is 0.232. The van der Waals surface area contributed by atoms with Crippen molar-refractivity contribution in [2.75, 3.05) is 19.8 Å². The number of halogens is 1. The number of allylic oxidation sites excluding steroid dienone is 1. The lowest BCUT2D eigenvalue weighted by Gasteiger charge is -2.39. The number of alkyl halides is 1. The molecule has 0 radical (unpaired) electrons. The van der Waals surface area contributed by atoms with Crippen LogP contribution in [0.2, 0.25) is 0 Å². The summed E-state index contributed by atoms with van der Waals surface area (Å²) in [4.78, 5) is 45.7. The first-order valence-electron chi connectivity index (χ1n) is 14.9. The molecule has 2 bridgehead atoms. The molecule has 2 aromatic carbocycles. The van der Waals surface area contributed by atoms with Crippen LogP contribution in [0.3, 0.4) is 0 Å². The molecule has 0 aromatic heterocycles. The van der Waals surface area contributed by atoms with Crippen LogP contribution in [0, 0.1) is 11.8 Å². The van der Waals surface area contributed by atoms with Crippen molar-refractivity contribution in [2.24, 2.45) is 11.8 Å². The summed E-state index contributed by atoms with van der Waals surface area (Å²) < 4.78 is 12.3. The second-order valence-electron chi connectivity index (χ2n) is 11.5. The monoisotopic (exact) mass is 650 g/mol. The van der Waals surface area contributed by atoms with Gasteiger partial charge in [-0.25, -0.2) is 0 Å². The third kappa shape index (κ3) is 5.82. The highest BCUT2D eigenvalue weighted by Crippen LogP contribution is 2.61. The molecule has 2 amide bonds. The molecule has 3 aliphatic rings. The van der Waals surface area contributed by atoms with E-state index in [1.54, 1.807) is 11.0 Å². The van der Waals surface area contributed by atoms with E-state index >= 15 is 0 Å². The van der Waals surface area contributed by atoms with Gasteiger partial charge >= 0.3 is 5.97 Å². The van der Waals surface area contributed by atoms with Crippen LogP contribution in [0.25, 0.3) is 0 Å². The number of carbonyl (C=O) groups excluding carboxylic acids is 3. The van der Waals surface area contributed by atoms with Gasteiger partial charge in [-0.05, 0) is 36.8 Å². The Morgan fingerprint density at radius 3 is 2.47 bits per heavy atom. The number of aliphatic hydroxyl groups is 1. The number of nitrogens with zero attached hydrogens (tertiary/aromatic N) is 2. The molecule has 3 fully saturated rings. The number of likely N-dealkylation sites (tertiary alicyclic amines) is 1. The summed E-state index contributed by atoms with van der Waals surface area (Å²) in [6.45, 7) is 7.98. The number of esters is 1. The lowest BCUT2D eigenvalue weighted by Crippen LogP contribution is -2.57. The number of fused-ring (bicyclic) bond motifs is 1. The van der Waals surface area contributed by atoms with Crippen LogP contribution in [0.4, 0.5) is 0 Å². The normalized spacial score (nSPS) is 27.9. The molecule has 2 aromatic rings. The van der Waals surface area contributed by atoms with Gasteiger partial charge < -0.3 is 24.4 Å². The van der Waals surface area contributed by atoms with Gasteiger partial charge in [0.05, 0.1) is 37.2 Å². The molecule has 3 saturated heterocycles. The van der Waals surface area contributed by atoms with Crippen LogP contribution < -0.4 is 0 Å². The molecular formula is C34H39BrN2O6. The van der Waals surface area contributed by atoms with Crippen LogP contribution >= 0.6 is 15.9 Å². The van der Waals surface area contributed by atoms with Gasteiger partial charge in [0, 0.05) is 17.9 Å². The van der Waals surface area contributed by atoms with E-state index in [4.69, 9.17) is 9.47 Å². The largest absolute Gasteiger partial charge is 0.465 e. The number of unbranched alkanes of at least 4 members (excludes halogenated alkanes) is 2. The molecule has 9 heteroatoms. The number of rotatable bonds is 14. The third-order valence-corrected chi connectivity index (χ3v) is 9.70. The highest BCUT2D eigenvalue weighted by molar-refractivity contribution is 9.09. The van der Waals surface area contributed by atoms with Gasteiger partial charge in [-0.2, -0.15) is 0 Å². The van der Waals surface area contributed by atoms with E-state index in [1.165, 1.54) is 4.90 Å². The molecule has 7 atom stereocenters. The van der Waals surface area contributed by atoms with Crippen LogP contribution in [0.5, 0.6) is 0 Å². The summed E-state index contributed by atoms with van der Waals surface area (Å²) in [5, 5.41) is 10.7. The van der Waals surface area contributed by atoms with Crippen LogP contribution in [-0.2, 0) is 30.4 Å². The molecule has 0 saturated carbocycles. The van der Waals surface area contributed by atoms with Crippen molar-refractivity contribution in [3.8, 4) is 0 Å². The quantitative estimate of drug-likeness (QED) is 0.139. The standard InChI is InChI=1S/C34H39BrN2O6/c1-3-5-6-13-19-42-33(41)27-28-31(39)37(26(22-38)24-16-11-8-12-17-24)30(34(28)20-25(35)29(27)43-34)32(40)36(18-4-2)21-23-14-9-7-10-15-23/h3-4,7-12,14-17,25-30,38H,1-2,5-6,13,18-22H2/t25?,26-,27-,28+,29-,30?,34?/m1/s1. The number of ether oxygens (including phenoxy) is 2. The molecule has 8 nitrogen and oxygen atoms in total. The lowest BCUT2D eigenvalue weighted by molar-refractivity contribution is -0.156. The predicted octanol–water partition coefficient (Wildman–Crippen LogP) is 4.58. The Morgan fingerprint density at radius 2 is 1.81 bits per heavy atom. The van der Waals surface area contributed by atoms with Crippen LogP contribution in [0.15, 0.2) is 86.0 Å². The number of carbonyl (C=O) groups is 3. The van der Waals surface area contributed by atoms with E-state index in [2.05, 4.69) is 29.1 Å². The van der Waals surface area contributed by atoms with Crippen molar-refractivity contribution in [2.45, 2.75) is 60.8 Å². The SMILES string of the molecule is C=CCCCCOC(=O)[C@H]1[C@@H]2OC3(CC2Br)C(C(=O)N(CC=C)Cc2ccccc2)N([C@H](CO)c2ccccc2)C(=O)[C@H]13. The predicted molar refractivity (Wildman–Crippen MR) is 166 cm³/mol. The maximum absolute atomic E-state index is 14.7. The van der Waals surface area contributed by atoms with Crippen molar-refractivity contribution in [1.82, 2.24) is 9.80 Å². The first-order valence-corrected chi connectivity index (χ1v) is 15.8. The highest BCUT2D eigenvalue weighted by atomic mass is 79.9. The Kier molecular flexibility index (Phi) is 9.84. The van der Waals surface area contributed by atoms with E-state index in [0.29, 0.717) is 24.9 Å². The van der Waals surface area contributed by atoms with Gasteiger partial charge in [0.25, 0.3) is 0 Å². The molecule has 0 aliphatic carbocycles. The number of hydrogen-bond acceptors (Lipinski definition) is 6. The van der Waals surface area contributed by atoms with Gasteiger partial charge in [-0.1, -0.05) is 88.7 Å². The van der Waals surface area contributed by atoms with Crippen LogP contribution in [-0.4, -0.2) is 75.0 Å². The zero-order valence-electron chi connectivity index (χ0n) is 24.2. The first-order chi connectivity index (χ1) is 20.9. The Balaban J connectivity index is 1.54. The fourth-order valence-corrected chi connectivity index (χ4v) is 7.95. The number of aliphatic hydroxyl groups excluding tert-OH is 1. The van der Waals surface area contributed by atoms with Crippen LogP contribution in [0.1, 0.15) is 42.9 Å². The highest BCUT2D eigenvalue weighted by Gasteiger charge is 2.77. The second-order valence-corrected chi connectivity index (χ2v) is 12.6. The number of benzene rings is 2. The minimum Gasteiger partial charge on any atom is -0.465 e. The van der Waals surface area contributed by atoms with Crippen molar-refractivity contribution >= 4 is 33.7 Å². The Morgan fingerprint density at radius 1 is 1.12 bits per heavy atom. The summed E-state index contributed by atoms with van der Waals surface area (Å²) in [7, 11) is 0. The number of amides is 2. The zero-order chi connectivity index (χ0) is 30.6. The molecule has 1 N–H and O–H groups in total. The molecule has 3 heterocycles. The molecule has 1 spiro atoms. The van der Waals surface area contributed by atoms with Gasteiger partial charge in [-0.15, -0.1) is 13.2 Å². The van der Waals surface area contributed by atoms with E-state index in [-0.39, 0.29) is 29.8 Å². The number of hydrogen-bond donors (Lipinski definition) is 1. The van der Waals surface area contributed by atoms with Crippen molar-refractivity contribution in [3.63, 3.8) is 0 Å². The maximum atomic E-state index is 14.7. The summed E-state index contributed by atoms with van der Waals surface area (Å²) in [5.74, 6) is -2.97. The fourth-order valence-electron chi connectivity index (χ4n) is 7.01. The van der Waals surface area contributed by atoms with Gasteiger partial charge in [0.2, 0.25) is 11.8 Å². The minimum atomic E-state index is -1.27. The van der Waals surface area contributed by atoms with E-state index < -0.39 is 48.2 Å². The smallest absolute Gasteiger partial charge is 0.312 e. The molecule has 228 valence electrons. The van der Waals surface area contributed by atoms with Crippen molar-refractivity contribution in [3.05, 3.63) is 97.1 Å². The molecular weight excluding hydrogens is 612 g/mol. The Labute approximate surface area is 261 Å². The zero-order valence-corrected chi connectivity index (χ0v) is 25.8. The molecule has 3 aliphatic heterocycles. The van der Waals surface area contributed by atoms with Crippen molar-refractivity contribution < 1.29 is 29.0 Å². The van der Waals surface area contributed by atoms with Crippen molar-refractivity contribution in [1.29, 1.82) is 0 Å². The first kappa shape index (κ1) is 31.2. The third-order valence-electron chi connectivity index (χ3n) is 8.85. The van der Waals surface area contributed by atoms with E-state index in [1.807, 2.05) is 66.7 Å². The van der Waals surface area contributed by atoms with E-state index in [9.17, 15) is 19.5 Å². The maximum Gasteiger partial charge on any atom is 0.312 e. The second kappa shape index (κ2) is 13.6. The van der Waals surface area contributed by atoms with Gasteiger partial charge in [-0.3, -0.25) is 14.4 Å². The van der Waals surface area contributed by atoms with Gasteiger partial charge in [0.15, 0.2) is 0 Å². The lowest BCUT2D eigenvalue weighted by atomic mass is 9.70. The average molecular weight is 652 g/mol. The summed E-state index contributed by atoms with van der Waals surface area (Å²) in [6.07, 6.45) is 5.58. The molecule has 5 rings (SSSR count). The molecule has 43 heavy (non-hydrogen) atoms. The van der Waals surface area contributed by atoms with E-state index in [0.717, 1.165) is 18.4 Å².